The molecule has 1 fully saturated rings. The van der Waals surface area contributed by atoms with Crippen molar-refractivity contribution in [3.8, 4) is 5.69 Å². The summed E-state index contributed by atoms with van der Waals surface area (Å²) in [7, 11) is 0. The van der Waals surface area contributed by atoms with Crippen LogP contribution in [0.4, 0.5) is 0 Å². The molecule has 1 aliphatic heterocycles. The molecule has 25 heavy (non-hydrogen) atoms. The normalized spacial score (nSPS) is 15.4. The molecule has 1 amide bonds. The van der Waals surface area contributed by atoms with Crippen molar-refractivity contribution in [2.45, 2.75) is 6.54 Å². The van der Waals surface area contributed by atoms with Gasteiger partial charge >= 0.3 is 0 Å². The summed E-state index contributed by atoms with van der Waals surface area (Å²) in [6.45, 7) is 4.17. The van der Waals surface area contributed by atoms with E-state index in [0.717, 1.165) is 38.4 Å². The number of rotatable bonds is 4. The van der Waals surface area contributed by atoms with E-state index >= 15 is 0 Å². The number of benzene rings is 1. The van der Waals surface area contributed by atoms with Gasteiger partial charge in [0, 0.05) is 32.7 Å². The summed E-state index contributed by atoms with van der Waals surface area (Å²) in [5, 5.41) is 12.8. The zero-order chi connectivity index (χ0) is 17.1. The number of amides is 1. The molecular weight excluding hydrogens is 334 g/mol. The summed E-state index contributed by atoms with van der Waals surface area (Å²) in [5.41, 5.74) is 2.59. The van der Waals surface area contributed by atoms with Crippen molar-refractivity contribution in [2.75, 3.05) is 26.2 Å². The van der Waals surface area contributed by atoms with Crippen LogP contribution in [0, 0.1) is 0 Å². The summed E-state index contributed by atoms with van der Waals surface area (Å²) in [5.74, 6) is -0.0441. The molecule has 6 nitrogen and oxygen atoms in total. The molecule has 1 aliphatic rings. The van der Waals surface area contributed by atoms with Crippen LogP contribution in [-0.2, 0) is 6.54 Å². The Morgan fingerprint density at radius 3 is 2.60 bits per heavy atom. The third kappa shape index (κ3) is 3.62. The van der Waals surface area contributed by atoms with Crippen molar-refractivity contribution in [1.29, 1.82) is 0 Å². The number of thiophene rings is 1. The van der Waals surface area contributed by atoms with E-state index in [9.17, 15) is 4.79 Å². The Labute approximate surface area is 150 Å². The van der Waals surface area contributed by atoms with Crippen molar-refractivity contribution in [1.82, 2.24) is 24.8 Å². The second-order valence-electron chi connectivity index (χ2n) is 6.05. The van der Waals surface area contributed by atoms with E-state index in [1.807, 2.05) is 35.2 Å². The topological polar surface area (TPSA) is 54.3 Å². The first-order chi connectivity index (χ1) is 12.3. The first-order valence-corrected chi connectivity index (χ1v) is 9.24. The zero-order valence-electron chi connectivity index (χ0n) is 13.8. The SMILES string of the molecule is O=C(c1cnn(-c2ccccc2)n1)N1CCN(Cc2ccsc2)CC1. The van der Waals surface area contributed by atoms with Gasteiger partial charge in [0.25, 0.3) is 5.91 Å². The minimum absolute atomic E-state index is 0.0441. The highest BCUT2D eigenvalue weighted by molar-refractivity contribution is 7.07. The summed E-state index contributed by atoms with van der Waals surface area (Å²) >= 11 is 1.72. The van der Waals surface area contributed by atoms with Gasteiger partial charge < -0.3 is 4.90 Å². The third-order valence-electron chi connectivity index (χ3n) is 4.34. The molecule has 0 radical (unpaired) electrons. The standard InChI is InChI=1S/C18H19N5OS/c24-18(17-12-19-23(20-17)16-4-2-1-3-5-16)22-9-7-21(8-10-22)13-15-6-11-25-14-15/h1-6,11-12,14H,7-10,13H2. The Kier molecular flexibility index (Phi) is 4.58. The molecule has 0 atom stereocenters. The number of carbonyl (C=O) groups is 1. The second-order valence-corrected chi connectivity index (χ2v) is 6.83. The van der Waals surface area contributed by atoms with Crippen LogP contribution in [0.15, 0.2) is 53.4 Å². The largest absolute Gasteiger partial charge is 0.335 e. The maximum atomic E-state index is 12.7. The van der Waals surface area contributed by atoms with Gasteiger partial charge in [0.05, 0.1) is 11.9 Å². The van der Waals surface area contributed by atoms with Gasteiger partial charge in [-0.25, -0.2) is 0 Å². The zero-order valence-corrected chi connectivity index (χ0v) is 14.6. The molecule has 4 rings (SSSR count). The lowest BCUT2D eigenvalue weighted by Crippen LogP contribution is -2.48. The molecular formula is C18H19N5OS. The lowest BCUT2D eigenvalue weighted by molar-refractivity contribution is 0.0622. The van der Waals surface area contributed by atoms with Gasteiger partial charge in [-0.1, -0.05) is 18.2 Å². The fourth-order valence-electron chi connectivity index (χ4n) is 2.96. The van der Waals surface area contributed by atoms with Gasteiger partial charge in [0.1, 0.15) is 0 Å². The predicted octanol–water partition coefficient (Wildman–Crippen LogP) is 2.29. The van der Waals surface area contributed by atoms with Crippen molar-refractivity contribution < 1.29 is 4.79 Å². The lowest BCUT2D eigenvalue weighted by Gasteiger charge is -2.34. The van der Waals surface area contributed by atoms with Crippen molar-refractivity contribution in [3.05, 3.63) is 64.6 Å². The number of carbonyl (C=O) groups excluding carboxylic acids is 1. The molecule has 0 bridgehead atoms. The van der Waals surface area contributed by atoms with Gasteiger partial charge in [0.15, 0.2) is 5.69 Å². The maximum absolute atomic E-state index is 12.7. The molecule has 128 valence electrons. The first-order valence-electron chi connectivity index (χ1n) is 8.30. The lowest BCUT2D eigenvalue weighted by atomic mass is 10.2. The van der Waals surface area contributed by atoms with E-state index in [2.05, 4.69) is 31.9 Å². The molecule has 0 spiro atoms. The van der Waals surface area contributed by atoms with E-state index in [1.165, 1.54) is 10.4 Å². The minimum Gasteiger partial charge on any atom is -0.335 e. The number of nitrogens with zero attached hydrogens (tertiary/aromatic N) is 5. The van der Waals surface area contributed by atoms with Crippen LogP contribution in [0.5, 0.6) is 0 Å². The van der Waals surface area contributed by atoms with Crippen LogP contribution in [-0.4, -0.2) is 56.9 Å². The molecule has 0 unspecified atom stereocenters. The molecule has 7 heteroatoms. The average Bonchev–Trinajstić information content (AvgIpc) is 3.34. The molecule has 0 saturated carbocycles. The minimum atomic E-state index is -0.0441. The van der Waals surface area contributed by atoms with Gasteiger partial charge in [0.2, 0.25) is 0 Å². The molecule has 2 aromatic heterocycles. The fraction of sp³-hybridized carbons (Fsp3) is 0.278. The number of hydrogen-bond donors (Lipinski definition) is 0. The Morgan fingerprint density at radius 1 is 1.08 bits per heavy atom. The Morgan fingerprint density at radius 2 is 1.88 bits per heavy atom. The Hall–Kier alpha value is -2.51. The van der Waals surface area contributed by atoms with Gasteiger partial charge in [-0.2, -0.15) is 21.2 Å². The van der Waals surface area contributed by atoms with Crippen LogP contribution < -0.4 is 0 Å². The Balaban J connectivity index is 1.37. The van der Waals surface area contributed by atoms with Crippen molar-refractivity contribution in [3.63, 3.8) is 0 Å². The predicted molar refractivity (Wildman–Crippen MR) is 96.9 cm³/mol. The summed E-state index contributed by atoms with van der Waals surface area (Å²) in [4.78, 5) is 18.4. The number of hydrogen-bond acceptors (Lipinski definition) is 5. The van der Waals surface area contributed by atoms with Crippen molar-refractivity contribution >= 4 is 17.2 Å². The van der Waals surface area contributed by atoms with E-state index in [0.29, 0.717) is 5.69 Å². The number of piperazine rings is 1. The van der Waals surface area contributed by atoms with Crippen LogP contribution in [0.2, 0.25) is 0 Å². The van der Waals surface area contributed by atoms with Gasteiger partial charge in [-0.3, -0.25) is 9.69 Å². The highest BCUT2D eigenvalue weighted by Gasteiger charge is 2.24. The third-order valence-corrected chi connectivity index (χ3v) is 5.08. The Bertz CT molecular complexity index is 822. The van der Waals surface area contributed by atoms with Crippen LogP contribution in [0.1, 0.15) is 16.1 Å². The molecule has 3 aromatic rings. The first kappa shape index (κ1) is 16.0. The van der Waals surface area contributed by atoms with Gasteiger partial charge in [-0.05, 0) is 34.5 Å². The molecule has 1 saturated heterocycles. The molecule has 0 N–H and O–H groups in total. The summed E-state index contributed by atoms with van der Waals surface area (Å²) in [6, 6.07) is 11.8. The molecule has 0 aliphatic carbocycles. The number of aromatic nitrogens is 3. The maximum Gasteiger partial charge on any atom is 0.276 e. The van der Waals surface area contributed by atoms with E-state index in [1.54, 1.807) is 17.5 Å². The van der Waals surface area contributed by atoms with Crippen molar-refractivity contribution in [2.24, 2.45) is 0 Å². The highest BCUT2D eigenvalue weighted by atomic mass is 32.1. The monoisotopic (exact) mass is 353 g/mol. The van der Waals surface area contributed by atoms with Crippen LogP contribution in [0.3, 0.4) is 0 Å². The smallest absolute Gasteiger partial charge is 0.276 e. The number of para-hydroxylation sites is 1. The molecule has 1 aromatic carbocycles. The van der Waals surface area contributed by atoms with Crippen LogP contribution >= 0.6 is 11.3 Å². The molecule has 3 heterocycles. The quantitative estimate of drug-likeness (QED) is 0.722. The summed E-state index contributed by atoms with van der Waals surface area (Å²) < 4.78 is 0. The van der Waals surface area contributed by atoms with Crippen LogP contribution in [0.25, 0.3) is 5.69 Å². The average molecular weight is 353 g/mol. The second kappa shape index (κ2) is 7.16. The van der Waals surface area contributed by atoms with E-state index in [4.69, 9.17) is 0 Å². The van der Waals surface area contributed by atoms with E-state index in [-0.39, 0.29) is 5.91 Å². The fourth-order valence-corrected chi connectivity index (χ4v) is 3.62. The van der Waals surface area contributed by atoms with E-state index < -0.39 is 0 Å². The van der Waals surface area contributed by atoms with Gasteiger partial charge in [-0.15, -0.1) is 5.10 Å². The summed E-state index contributed by atoms with van der Waals surface area (Å²) in [6.07, 6.45) is 1.55. The highest BCUT2D eigenvalue weighted by Crippen LogP contribution is 2.13.